The van der Waals surface area contributed by atoms with Crippen molar-refractivity contribution in [2.45, 2.75) is 44.6 Å². The molecule has 1 N–H and O–H groups in total. The fourth-order valence-electron chi connectivity index (χ4n) is 3.79. The van der Waals surface area contributed by atoms with Crippen LogP contribution in [0.5, 0.6) is 5.75 Å². The Morgan fingerprint density at radius 1 is 1.26 bits per heavy atom. The average molecular weight is 449 g/mol. The summed E-state index contributed by atoms with van der Waals surface area (Å²) in [5.41, 5.74) is 1.54. The maximum atomic E-state index is 13.2. The van der Waals surface area contributed by atoms with Crippen molar-refractivity contribution in [2.24, 2.45) is 5.92 Å². The molecule has 0 radical (unpaired) electrons. The number of halogens is 1. The quantitative estimate of drug-likeness (QED) is 0.699. The number of aryl methyl sites for hydroxylation is 1. The van der Waals surface area contributed by atoms with Crippen LogP contribution in [0, 0.1) is 18.7 Å². The highest BCUT2D eigenvalue weighted by Gasteiger charge is 2.34. The Morgan fingerprint density at radius 2 is 1.97 bits per heavy atom. The summed E-state index contributed by atoms with van der Waals surface area (Å²) >= 11 is 0. The third kappa shape index (κ3) is 5.43. The Bertz CT molecular complexity index is 1020. The number of piperidine rings is 1. The number of hydrogen-bond acceptors (Lipinski definition) is 4. The molecule has 6 nitrogen and oxygen atoms in total. The molecule has 1 aliphatic rings. The first kappa shape index (κ1) is 23.2. The molecule has 2 atom stereocenters. The fourth-order valence-corrected chi connectivity index (χ4v) is 5.40. The molecule has 0 aliphatic carbocycles. The predicted octanol–water partition coefficient (Wildman–Crippen LogP) is 3.81. The van der Waals surface area contributed by atoms with Crippen LogP contribution in [-0.2, 0) is 14.8 Å². The van der Waals surface area contributed by atoms with Crippen LogP contribution in [0.2, 0.25) is 0 Å². The van der Waals surface area contributed by atoms with Gasteiger partial charge in [0.1, 0.15) is 11.6 Å². The minimum atomic E-state index is -3.71. The Labute approximate surface area is 183 Å². The van der Waals surface area contributed by atoms with Gasteiger partial charge >= 0.3 is 0 Å². The molecule has 2 aromatic rings. The van der Waals surface area contributed by atoms with Crippen molar-refractivity contribution >= 4 is 15.9 Å². The van der Waals surface area contributed by atoms with Gasteiger partial charge in [-0.3, -0.25) is 4.79 Å². The van der Waals surface area contributed by atoms with E-state index in [4.69, 9.17) is 4.74 Å². The van der Waals surface area contributed by atoms with E-state index in [2.05, 4.69) is 5.32 Å². The zero-order valence-corrected chi connectivity index (χ0v) is 18.9. The molecular weight excluding hydrogens is 419 g/mol. The van der Waals surface area contributed by atoms with E-state index in [9.17, 15) is 17.6 Å². The van der Waals surface area contributed by atoms with Crippen molar-refractivity contribution in [3.63, 3.8) is 0 Å². The second-order valence-electron chi connectivity index (χ2n) is 7.84. The van der Waals surface area contributed by atoms with Gasteiger partial charge in [-0.05, 0) is 75.1 Å². The molecule has 2 unspecified atom stereocenters. The number of sulfonamides is 1. The first-order valence-electron chi connectivity index (χ1n) is 10.5. The Hall–Kier alpha value is -2.45. The van der Waals surface area contributed by atoms with Crippen molar-refractivity contribution < 1.29 is 22.3 Å². The number of rotatable bonds is 7. The minimum Gasteiger partial charge on any atom is -0.494 e. The van der Waals surface area contributed by atoms with E-state index in [0.717, 1.165) is 11.1 Å². The molecule has 0 saturated carbocycles. The van der Waals surface area contributed by atoms with Crippen molar-refractivity contribution in [1.82, 2.24) is 9.62 Å². The van der Waals surface area contributed by atoms with E-state index in [1.807, 2.05) is 20.8 Å². The normalized spacial score (nSPS) is 18.4. The Balaban J connectivity index is 1.69. The first-order valence-corrected chi connectivity index (χ1v) is 12.0. The number of ether oxygens (including phenoxy) is 1. The van der Waals surface area contributed by atoms with E-state index in [1.165, 1.54) is 16.4 Å². The summed E-state index contributed by atoms with van der Waals surface area (Å²) in [6.45, 7) is 6.53. The summed E-state index contributed by atoms with van der Waals surface area (Å²) in [6, 6.07) is 10.5. The van der Waals surface area contributed by atoms with Crippen molar-refractivity contribution in [3.8, 4) is 5.75 Å². The summed E-state index contributed by atoms with van der Waals surface area (Å²) in [4.78, 5) is 13.0. The fraction of sp³-hybridized carbons (Fsp3) is 0.435. The monoisotopic (exact) mass is 448 g/mol. The largest absolute Gasteiger partial charge is 0.494 e. The van der Waals surface area contributed by atoms with E-state index in [0.29, 0.717) is 31.7 Å². The molecular formula is C23H29FN2O4S. The molecule has 1 fully saturated rings. The molecule has 0 bridgehead atoms. The standard InChI is InChI=1S/C23H29FN2O4S/c1-4-30-22-12-11-21(14-16(22)2)31(28,29)26-13-5-6-19(15-26)23(27)25-17(3)18-7-9-20(24)10-8-18/h7-12,14,17,19H,4-6,13,15H2,1-3H3,(H,25,27). The summed E-state index contributed by atoms with van der Waals surface area (Å²) in [6.07, 6.45) is 1.23. The molecule has 168 valence electrons. The molecule has 2 aromatic carbocycles. The molecule has 0 spiro atoms. The van der Waals surface area contributed by atoms with Crippen LogP contribution in [-0.4, -0.2) is 38.3 Å². The van der Waals surface area contributed by atoms with Gasteiger partial charge in [-0.2, -0.15) is 4.31 Å². The summed E-state index contributed by atoms with van der Waals surface area (Å²) < 4.78 is 46.4. The van der Waals surface area contributed by atoms with Crippen molar-refractivity contribution in [2.75, 3.05) is 19.7 Å². The summed E-state index contributed by atoms with van der Waals surface area (Å²) in [7, 11) is -3.71. The lowest BCUT2D eigenvalue weighted by Crippen LogP contribution is -2.45. The average Bonchev–Trinajstić information content (AvgIpc) is 2.75. The molecule has 1 heterocycles. The number of carbonyl (C=O) groups excluding carboxylic acids is 1. The van der Waals surface area contributed by atoms with Crippen LogP contribution in [0.25, 0.3) is 0 Å². The Morgan fingerprint density at radius 3 is 2.61 bits per heavy atom. The molecule has 1 saturated heterocycles. The highest BCUT2D eigenvalue weighted by atomic mass is 32.2. The number of amides is 1. The highest BCUT2D eigenvalue weighted by molar-refractivity contribution is 7.89. The SMILES string of the molecule is CCOc1ccc(S(=O)(=O)N2CCCC(C(=O)NC(C)c3ccc(F)cc3)C2)cc1C. The molecule has 8 heteroatoms. The maximum Gasteiger partial charge on any atom is 0.243 e. The third-order valence-corrected chi connectivity index (χ3v) is 7.43. The zero-order valence-electron chi connectivity index (χ0n) is 18.1. The first-order chi connectivity index (χ1) is 14.7. The van der Waals surface area contributed by atoms with Crippen LogP contribution < -0.4 is 10.1 Å². The second-order valence-corrected chi connectivity index (χ2v) is 9.78. The molecule has 1 amide bonds. The molecule has 0 aromatic heterocycles. The lowest BCUT2D eigenvalue weighted by molar-refractivity contribution is -0.126. The van der Waals surface area contributed by atoms with Gasteiger partial charge in [0.05, 0.1) is 23.5 Å². The van der Waals surface area contributed by atoms with Crippen LogP contribution in [0.1, 0.15) is 43.9 Å². The van der Waals surface area contributed by atoms with Gasteiger partial charge in [0, 0.05) is 13.1 Å². The van der Waals surface area contributed by atoms with E-state index < -0.39 is 15.9 Å². The summed E-state index contributed by atoms with van der Waals surface area (Å²) in [5, 5.41) is 2.93. The number of nitrogens with one attached hydrogen (secondary N) is 1. The smallest absolute Gasteiger partial charge is 0.243 e. The lowest BCUT2D eigenvalue weighted by Gasteiger charge is -2.32. The van der Waals surface area contributed by atoms with Crippen LogP contribution in [0.3, 0.4) is 0 Å². The molecule has 3 rings (SSSR count). The number of hydrogen-bond donors (Lipinski definition) is 1. The molecule has 1 aliphatic heterocycles. The van der Waals surface area contributed by atoms with Gasteiger partial charge in [0.15, 0.2) is 0 Å². The minimum absolute atomic E-state index is 0.135. The van der Waals surface area contributed by atoms with Crippen LogP contribution in [0.4, 0.5) is 4.39 Å². The van der Waals surface area contributed by atoms with E-state index in [1.54, 1.807) is 30.3 Å². The van der Waals surface area contributed by atoms with Crippen LogP contribution in [0.15, 0.2) is 47.4 Å². The third-order valence-electron chi connectivity index (χ3n) is 5.57. The van der Waals surface area contributed by atoms with E-state index >= 15 is 0 Å². The maximum absolute atomic E-state index is 13.2. The van der Waals surface area contributed by atoms with Crippen molar-refractivity contribution in [3.05, 3.63) is 59.4 Å². The van der Waals surface area contributed by atoms with Crippen molar-refractivity contribution in [1.29, 1.82) is 0 Å². The van der Waals surface area contributed by atoms with Gasteiger partial charge in [0.25, 0.3) is 0 Å². The highest BCUT2D eigenvalue weighted by Crippen LogP contribution is 2.28. The van der Waals surface area contributed by atoms with E-state index in [-0.39, 0.29) is 29.2 Å². The van der Waals surface area contributed by atoms with Gasteiger partial charge in [-0.25, -0.2) is 12.8 Å². The Kier molecular flexibility index (Phi) is 7.33. The number of benzene rings is 2. The van der Waals surface area contributed by atoms with Gasteiger partial charge < -0.3 is 10.1 Å². The number of carbonyl (C=O) groups is 1. The summed E-state index contributed by atoms with van der Waals surface area (Å²) in [5.74, 6) is -0.304. The predicted molar refractivity (Wildman–Crippen MR) is 117 cm³/mol. The van der Waals surface area contributed by atoms with Gasteiger partial charge in [-0.15, -0.1) is 0 Å². The zero-order chi connectivity index (χ0) is 22.6. The number of nitrogens with zero attached hydrogens (tertiary/aromatic N) is 1. The van der Waals surface area contributed by atoms with Crippen LogP contribution >= 0.6 is 0 Å². The topological polar surface area (TPSA) is 75.7 Å². The second kappa shape index (κ2) is 9.78. The lowest BCUT2D eigenvalue weighted by atomic mass is 9.98. The van der Waals surface area contributed by atoms with Gasteiger partial charge in [0.2, 0.25) is 15.9 Å². The van der Waals surface area contributed by atoms with Gasteiger partial charge in [-0.1, -0.05) is 12.1 Å². The molecule has 31 heavy (non-hydrogen) atoms.